The highest BCUT2D eigenvalue weighted by atomic mass is 35.5. The van der Waals surface area contributed by atoms with Crippen molar-refractivity contribution < 1.29 is 26.3 Å². The molecule has 0 rings (SSSR count). The summed E-state index contributed by atoms with van der Waals surface area (Å²) >= 11 is 9.44. The van der Waals surface area contributed by atoms with E-state index in [1.165, 1.54) is 0 Å². The molecule has 0 fully saturated rings. The van der Waals surface area contributed by atoms with Crippen LogP contribution in [0.1, 0.15) is 6.42 Å². The third-order valence-electron chi connectivity index (χ3n) is 1.01. The predicted octanol–water partition coefficient (Wildman–Crippen LogP) is 5.03. The topological polar surface area (TPSA) is 0 Å². The third kappa shape index (κ3) is 8.91. The van der Waals surface area contributed by atoms with E-state index in [9.17, 15) is 26.3 Å². The van der Waals surface area contributed by atoms with Gasteiger partial charge in [-0.25, -0.2) is 0 Å². The summed E-state index contributed by atoms with van der Waals surface area (Å²) in [6.45, 7) is 5.74. The summed E-state index contributed by atoms with van der Waals surface area (Å²) in [7, 11) is 0. The standard InChI is InChI=1S/C4H3Cl2F3.C4H5F3/c1-2-3(5,6)4(7,8)9;1-2-3-4(5,6)7/h2H,1H2;2H,1,3H2. The number of hydrogen-bond donors (Lipinski definition) is 0. The fourth-order valence-electron chi connectivity index (χ4n) is 0.279. The van der Waals surface area contributed by atoms with Crippen molar-refractivity contribution in [1.82, 2.24) is 0 Å². The number of halogens is 8. The maximum absolute atomic E-state index is 11.5. The summed E-state index contributed by atoms with van der Waals surface area (Å²) in [5, 5.41) is 0. The monoisotopic (exact) mass is 288 g/mol. The van der Waals surface area contributed by atoms with Gasteiger partial charge in [0.25, 0.3) is 0 Å². The maximum atomic E-state index is 11.5. The molecule has 0 atom stereocenters. The smallest absolute Gasteiger partial charge is 0.171 e. The van der Waals surface area contributed by atoms with Crippen molar-refractivity contribution >= 4 is 23.2 Å². The highest BCUT2D eigenvalue weighted by Crippen LogP contribution is 2.40. The van der Waals surface area contributed by atoms with Gasteiger partial charge in [0.15, 0.2) is 0 Å². The van der Waals surface area contributed by atoms with Crippen LogP contribution in [-0.4, -0.2) is 16.7 Å². The van der Waals surface area contributed by atoms with Gasteiger partial charge in [0.1, 0.15) is 0 Å². The molecule has 0 aliphatic carbocycles. The Kier molecular flexibility index (Phi) is 7.20. The molecule has 0 aromatic carbocycles. The molecule has 0 nitrogen and oxygen atoms in total. The zero-order valence-corrected chi connectivity index (χ0v) is 9.31. The van der Waals surface area contributed by atoms with Crippen molar-refractivity contribution in [1.29, 1.82) is 0 Å². The Bertz CT molecular complexity index is 228. The van der Waals surface area contributed by atoms with E-state index in [-0.39, 0.29) is 0 Å². The second kappa shape index (κ2) is 6.39. The fraction of sp³-hybridized carbons (Fsp3) is 0.500. The molecule has 0 saturated carbocycles. The Morgan fingerprint density at radius 1 is 0.938 bits per heavy atom. The molecule has 0 N–H and O–H groups in total. The van der Waals surface area contributed by atoms with E-state index in [2.05, 4.69) is 13.2 Å². The van der Waals surface area contributed by atoms with E-state index in [0.29, 0.717) is 6.08 Å². The van der Waals surface area contributed by atoms with Gasteiger partial charge in [0, 0.05) is 0 Å². The molecule has 0 aromatic heterocycles. The van der Waals surface area contributed by atoms with Crippen molar-refractivity contribution in [3.63, 3.8) is 0 Å². The molecule has 0 bridgehead atoms. The van der Waals surface area contributed by atoms with Crippen molar-refractivity contribution in [2.45, 2.75) is 23.1 Å². The van der Waals surface area contributed by atoms with Crippen LogP contribution in [0, 0.1) is 0 Å². The third-order valence-corrected chi connectivity index (χ3v) is 1.75. The highest BCUT2D eigenvalue weighted by molar-refractivity contribution is 6.50. The molecule has 16 heavy (non-hydrogen) atoms. The molecular formula is C8H8Cl2F6. The Morgan fingerprint density at radius 2 is 1.31 bits per heavy atom. The molecule has 96 valence electrons. The van der Waals surface area contributed by atoms with E-state index >= 15 is 0 Å². The Morgan fingerprint density at radius 3 is 1.31 bits per heavy atom. The molecule has 0 amide bonds. The summed E-state index contributed by atoms with van der Waals surface area (Å²) in [4.78, 5) is 0. The minimum atomic E-state index is -4.64. The SMILES string of the molecule is C=CC(Cl)(Cl)C(F)(F)F.C=CCC(F)(F)F. The number of allylic oxidation sites excluding steroid dienone is 2. The van der Waals surface area contributed by atoms with E-state index in [0.717, 1.165) is 6.08 Å². The quantitative estimate of drug-likeness (QED) is 0.380. The summed E-state index contributed by atoms with van der Waals surface area (Å²) in [5.74, 6) is 0. The summed E-state index contributed by atoms with van der Waals surface area (Å²) in [5.41, 5.74) is 0. The molecule has 0 unspecified atom stereocenters. The molecular weight excluding hydrogens is 281 g/mol. The van der Waals surface area contributed by atoms with Gasteiger partial charge in [-0.15, -0.1) is 6.58 Å². The van der Waals surface area contributed by atoms with Gasteiger partial charge in [-0.3, -0.25) is 0 Å². The number of alkyl halides is 8. The van der Waals surface area contributed by atoms with Crippen LogP contribution in [0.4, 0.5) is 26.3 Å². The summed E-state index contributed by atoms with van der Waals surface area (Å²) in [6, 6.07) is 0. The first kappa shape index (κ1) is 18.0. The first-order chi connectivity index (χ1) is 6.87. The molecule has 0 spiro atoms. The largest absolute Gasteiger partial charge is 0.425 e. The van der Waals surface area contributed by atoms with Gasteiger partial charge in [-0.1, -0.05) is 35.9 Å². The zero-order chi connectivity index (χ0) is 13.6. The van der Waals surface area contributed by atoms with Crippen LogP contribution in [0.5, 0.6) is 0 Å². The second-order valence-corrected chi connectivity index (χ2v) is 3.82. The lowest BCUT2D eigenvalue weighted by Crippen LogP contribution is -2.31. The first-order valence-corrected chi connectivity index (χ1v) is 4.38. The van der Waals surface area contributed by atoms with Crippen LogP contribution in [0.15, 0.2) is 25.3 Å². The maximum Gasteiger partial charge on any atom is 0.425 e. The van der Waals surface area contributed by atoms with E-state index in [4.69, 9.17) is 23.2 Å². The number of rotatable bonds is 2. The van der Waals surface area contributed by atoms with Gasteiger partial charge < -0.3 is 0 Å². The van der Waals surface area contributed by atoms with Gasteiger partial charge in [-0.2, -0.15) is 26.3 Å². The first-order valence-electron chi connectivity index (χ1n) is 3.63. The number of hydrogen-bond acceptors (Lipinski definition) is 0. The van der Waals surface area contributed by atoms with Crippen LogP contribution in [0.3, 0.4) is 0 Å². The summed E-state index contributed by atoms with van der Waals surface area (Å²) in [6.07, 6.45) is -8.34. The lowest BCUT2D eigenvalue weighted by Gasteiger charge is -2.17. The lowest BCUT2D eigenvalue weighted by molar-refractivity contribution is -0.131. The lowest BCUT2D eigenvalue weighted by atomic mass is 10.4. The van der Waals surface area contributed by atoms with Crippen molar-refractivity contribution in [2.24, 2.45) is 0 Å². The van der Waals surface area contributed by atoms with Crippen molar-refractivity contribution in [2.75, 3.05) is 0 Å². The van der Waals surface area contributed by atoms with Gasteiger partial charge >= 0.3 is 12.4 Å². The average Bonchev–Trinajstić information content (AvgIpc) is 2.01. The molecule has 0 radical (unpaired) electrons. The van der Waals surface area contributed by atoms with Crippen LogP contribution in [0.2, 0.25) is 0 Å². The fourth-order valence-corrected chi connectivity index (χ4v) is 0.279. The van der Waals surface area contributed by atoms with Gasteiger partial charge in [0.05, 0.1) is 6.42 Å². The zero-order valence-electron chi connectivity index (χ0n) is 7.80. The summed E-state index contributed by atoms with van der Waals surface area (Å²) < 4.78 is 64.6. The molecule has 8 heteroatoms. The van der Waals surface area contributed by atoms with Crippen LogP contribution in [-0.2, 0) is 0 Å². The molecule has 0 heterocycles. The highest BCUT2D eigenvalue weighted by Gasteiger charge is 2.50. The molecule has 0 aliphatic rings. The second-order valence-electron chi connectivity index (χ2n) is 2.43. The van der Waals surface area contributed by atoms with Gasteiger partial charge in [-0.05, 0) is 6.08 Å². The van der Waals surface area contributed by atoms with E-state index < -0.39 is 23.1 Å². The van der Waals surface area contributed by atoms with Gasteiger partial charge in [0.2, 0.25) is 4.33 Å². The normalized spacial score (nSPS) is 12.5. The average molecular weight is 289 g/mol. The van der Waals surface area contributed by atoms with E-state index in [1.54, 1.807) is 0 Å². The van der Waals surface area contributed by atoms with Crippen LogP contribution >= 0.6 is 23.2 Å². The minimum absolute atomic E-state index is 0.427. The Balaban J connectivity index is 0. The van der Waals surface area contributed by atoms with Crippen LogP contribution in [0.25, 0.3) is 0 Å². The molecule has 0 aliphatic heterocycles. The van der Waals surface area contributed by atoms with Crippen LogP contribution < -0.4 is 0 Å². The Hall–Kier alpha value is -0.360. The van der Waals surface area contributed by atoms with Crippen molar-refractivity contribution in [3.8, 4) is 0 Å². The Labute approximate surface area is 98.5 Å². The molecule has 0 aromatic rings. The predicted molar refractivity (Wildman–Crippen MR) is 51.6 cm³/mol. The van der Waals surface area contributed by atoms with E-state index in [1.807, 2.05) is 0 Å². The molecule has 0 saturated heterocycles. The minimum Gasteiger partial charge on any atom is -0.171 e. The van der Waals surface area contributed by atoms with Crippen molar-refractivity contribution in [3.05, 3.63) is 25.3 Å².